The number of anilines is 1. The number of methoxy groups -OCH3 is 2. The quantitative estimate of drug-likeness (QED) is 0.779. The molecular formula is C18H18FNO5. The molecule has 0 bridgehead atoms. The van der Waals surface area contributed by atoms with Crippen LogP contribution in [0.2, 0.25) is 0 Å². The molecule has 0 fully saturated rings. The van der Waals surface area contributed by atoms with E-state index < -0.39 is 24.3 Å². The molecule has 2 aromatic rings. The first-order valence-electron chi connectivity index (χ1n) is 7.43. The van der Waals surface area contributed by atoms with E-state index in [0.717, 1.165) is 0 Å². The van der Waals surface area contributed by atoms with Crippen LogP contribution in [-0.2, 0) is 20.7 Å². The van der Waals surface area contributed by atoms with Gasteiger partial charge in [0.15, 0.2) is 18.2 Å². The highest BCUT2D eigenvalue weighted by atomic mass is 19.1. The summed E-state index contributed by atoms with van der Waals surface area (Å²) in [5, 5.41) is 2.59. The highest BCUT2D eigenvalue weighted by Gasteiger charge is 2.11. The lowest BCUT2D eigenvalue weighted by Gasteiger charge is -2.08. The van der Waals surface area contributed by atoms with E-state index in [9.17, 15) is 14.0 Å². The van der Waals surface area contributed by atoms with Gasteiger partial charge in [-0.3, -0.25) is 9.59 Å². The summed E-state index contributed by atoms with van der Waals surface area (Å²) in [5.41, 5.74) is 0.984. The van der Waals surface area contributed by atoms with E-state index >= 15 is 0 Å². The molecule has 132 valence electrons. The van der Waals surface area contributed by atoms with Gasteiger partial charge in [0, 0.05) is 5.69 Å². The predicted molar refractivity (Wildman–Crippen MR) is 89.2 cm³/mol. The number of rotatable bonds is 7. The molecule has 7 heteroatoms. The van der Waals surface area contributed by atoms with Crippen molar-refractivity contribution >= 4 is 17.6 Å². The number of ether oxygens (including phenoxy) is 3. The van der Waals surface area contributed by atoms with Gasteiger partial charge in [-0.1, -0.05) is 6.07 Å². The average molecular weight is 347 g/mol. The summed E-state index contributed by atoms with van der Waals surface area (Å²) in [5.74, 6) is -0.911. The van der Waals surface area contributed by atoms with Crippen LogP contribution in [0, 0.1) is 5.82 Å². The number of nitrogens with one attached hydrogen (secondary N) is 1. The van der Waals surface area contributed by atoms with Gasteiger partial charge in [0.2, 0.25) is 0 Å². The number of amides is 1. The molecule has 0 aliphatic carbocycles. The van der Waals surface area contributed by atoms with E-state index in [1.807, 2.05) is 0 Å². The lowest BCUT2D eigenvalue weighted by Crippen LogP contribution is -2.21. The van der Waals surface area contributed by atoms with Crippen molar-refractivity contribution in [3.8, 4) is 11.5 Å². The predicted octanol–water partition coefficient (Wildman–Crippen LogP) is 2.57. The van der Waals surface area contributed by atoms with Crippen molar-refractivity contribution in [3.05, 3.63) is 53.8 Å². The molecule has 0 spiro atoms. The van der Waals surface area contributed by atoms with Gasteiger partial charge in [-0.25, -0.2) is 4.39 Å². The standard InChI is InChI=1S/C18H18FNO5/c1-23-14-6-4-13(5-7-14)20-17(21)11-25-18(22)10-12-3-8-16(24-2)15(19)9-12/h3-9H,10-11H2,1-2H3,(H,20,21). The molecule has 0 saturated heterocycles. The van der Waals surface area contributed by atoms with Crippen molar-refractivity contribution in [2.24, 2.45) is 0 Å². The Balaban J connectivity index is 1.80. The van der Waals surface area contributed by atoms with E-state index in [4.69, 9.17) is 14.2 Å². The van der Waals surface area contributed by atoms with Crippen molar-refractivity contribution in [2.45, 2.75) is 6.42 Å². The fourth-order valence-corrected chi connectivity index (χ4v) is 2.06. The van der Waals surface area contributed by atoms with Crippen LogP contribution in [0.1, 0.15) is 5.56 Å². The molecule has 25 heavy (non-hydrogen) atoms. The molecule has 0 heterocycles. The number of carbonyl (C=O) groups is 2. The summed E-state index contributed by atoms with van der Waals surface area (Å²) >= 11 is 0. The van der Waals surface area contributed by atoms with Crippen LogP contribution in [0.25, 0.3) is 0 Å². The molecule has 0 aliphatic heterocycles. The van der Waals surface area contributed by atoms with Crippen LogP contribution in [0.4, 0.5) is 10.1 Å². The molecule has 0 atom stereocenters. The molecule has 1 N–H and O–H groups in total. The maximum Gasteiger partial charge on any atom is 0.310 e. The largest absolute Gasteiger partial charge is 0.497 e. The van der Waals surface area contributed by atoms with Crippen LogP contribution in [-0.4, -0.2) is 32.7 Å². The second kappa shape index (κ2) is 8.68. The Hall–Kier alpha value is -3.09. The van der Waals surface area contributed by atoms with Crippen molar-refractivity contribution in [1.29, 1.82) is 0 Å². The van der Waals surface area contributed by atoms with Gasteiger partial charge in [-0.2, -0.15) is 0 Å². The average Bonchev–Trinajstić information content (AvgIpc) is 2.61. The second-order valence-electron chi connectivity index (χ2n) is 5.08. The molecule has 2 aromatic carbocycles. The van der Waals surface area contributed by atoms with Gasteiger partial charge in [-0.05, 0) is 42.0 Å². The van der Waals surface area contributed by atoms with Crippen molar-refractivity contribution in [1.82, 2.24) is 0 Å². The summed E-state index contributed by atoms with van der Waals surface area (Å²) in [6.07, 6.45) is -0.142. The lowest BCUT2D eigenvalue weighted by molar-refractivity contribution is -0.146. The Kier molecular flexibility index (Phi) is 6.33. The van der Waals surface area contributed by atoms with Gasteiger partial charge < -0.3 is 19.5 Å². The number of esters is 1. The number of benzene rings is 2. The summed E-state index contributed by atoms with van der Waals surface area (Å²) in [4.78, 5) is 23.5. The summed E-state index contributed by atoms with van der Waals surface area (Å²) in [6.45, 7) is -0.427. The third-order valence-corrected chi connectivity index (χ3v) is 3.30. The van der Waals surface area contributed by atoms with Crippen LogP contribution >= 0.6 is 0 Å². The maximum atomic E-state index is 13.6. The van der Waals surface area contributed by atoms with Gasteiger partial charge in [0.05, 0.1) is 20.6 Å². The van der Waals surface area contributed by atoms with Crippen LogP contribution in [0.15, 0.2) is 42.5 Å². The van der Waals surface area contributed by atoms with Gasteiger partial charge in [0.25, 0.3) is 5.91 Å². The Bertz CT molecular complexity index is 746. The zero-order valence-electron chi connectivity index (χ0n) is 13.9. The third-order valence-electron chi connectivity index (χ3n) is 3.30. The maximum absolute atomic E-state index is 13.6. The highest BCUT2D eigenvalue weighted by Crippen LogP contribution is 2.18. The second-order valence-corrected chi connectivity index (χ2v) is 5.08. The van der Waals surface area contributed by atoms with E-state index in [2.05, 4.69) is 5.32 Å². The third kappa shape index (κ3) is 5.49. The Morgan fingerprint density at radius 1 is 1.04 bits per heavy atom. The molecule has 6 nitrogen and oxygen atoms in total. The number of hydrogen-bond donors (Lipinski definition) is 1. The lowest BCUT2D eigenvalue weighted by atomic mass is 10.1. The Morgan fingerprint density at radius 2 is 1.76 bits per heavy atom. The molecule has 0 aliphatic rings. The fraction of sp³-hybridized carbons (Fsp3) is 0.222. The first-order chi connectivity index (χ1) is 12.0. The number of hydrogen-bond acceptors (Lipinski definition) is 5. The fourth-order valence-electron chi connectivity index (χ4n) is 2.06. The van der Waals surface area contributed by atoms with Crippen LogP contribution in [0.3, 0.4) is 0 Å². The van der Waals surface area contributed by atoms with Crippen molar-refractivity contribution in [3.63, 3.8) is 0 Å². The van der Waals surface area contributed by atoms with E-state index in [0.29, 0.717) is 17.0 Å². The molecule has 2 rings (SSSR count). The van der Waals surface area contributed by atoms with Crippen molar-refractivity contribution in [2.75, 3.05) is 26.1 Å². The zero-order valence-corrected chi connectivity index (χ0v) is 13.9. The van der Waals surface area contributed by atoms with Crippen molar-refractivity contribution < 1.29 is 28.2 Å². The van der Waals surface area contributed by atoms with Crippen LogP contribution in [0.5, 0.6) is 11.5 Å². The van der Waals surface area contributed by atoms with Gasteiger partial charge in [0.1, 0.15) is 5.75 Å². The summed E-state index contributed by atoms with van der Waals surface area (Å²) in [6, 6.07) is 10.9. The SMILES string of the molecule is COc1ccc(NC(=O)COC(=O)Cc2ccc(OC)c(F)c2)cc1. The van der Waals surface area contributed by atoms with E-state index in [-0.39, 0.29) is 12.2 Å². The number of halogens is 1. The van der Waals surface area contributed by atoms with E-state index in [1.165, 1.54) is 19.2 Å². The molecule has 1 amide bonds. The monoisotopic (exact) mass is 347 g/mol. The Morgan fingerprint density at radius 3 is 2.36 bits per heavy atom. The van der Waals surface area contributed by atoms with Gasteiger partial charge >= 0.3 is 5.97 Å². The topological polar surface area (TPSA) is 73.9 Å². The minimum Gasteiger partial charge on any atom is -0.497 e. The smallest absolute Gasteiger partial charge is 0.310 e. The Labute approximate surface area is 144 Å². The molecule has 0 unspecified atom stereocenters. The first kappa shape index (κ1) is 18.3. The number of carbonyl (C=O) groups excluding carboxylic acids is 2. The zero-order chi connectivity index (χ0) is 18.2. The summed E-state index contributed by atoms with van der Waals surface area (Å²) in [7, 11) is 2.90. The van der Waals surface area contributed by atoms with E-state index in [1.54, 1.807) is 37.4 Å². The molecular weight excluding hydrogens is 329 g/mol. The summed E-state index contributed by atoms with van der Waals surface area (Å²) < 4.78 is 28.3. The highest BCUT2D eigenvalue weighted by molar-refractivity contribution is 5.92. The van der Waals surface area contributed by atoms with Crippen LogP contribution < -0.4 is 14.8 Å². The molecule has 0 radical (unpaired) electrons. The molecule has 0 aromatic heterocycles. The van der Waals surface area contributed by atoms with Gasteiger partial charge in [-0.15, -0.1) is 0 Å². The normalized spacial score (nSPS) is 10.0. The minimum atomic E-state index is -0.630. The molecule has 0 saturated carbocycles. The first-order valence-corrected chi connectivity index (χ1v) is 7.43. The minimum absolute atomic E-state index is 0.0935.